The van der Waals surface area contributed by atoms with Crippen LogP contribution in [0.4, 0.5) is 37.1 Å². The first-order valence-corrected chi connectivity index (χ1v) is 11.4. The summed E-state index contributed by atoms with van der Waals surface area (Å²) in [6.07, 6.45) is 5.91. The van der Waals surface area contributed by atoms with Gasteiger partial charge in [-0.25, -0.2) is 19.0 Å². The number of fused-ring (bicyclic) bond motifs is 1. The van der Waals surface area contributed by atoms with Crippen molar-refractivity contribution in [2.75, 3.05) is 34.0 Å². The van der Waals surface area contributed by atoms with Crippen LogP contribution in [0.1, 0.15) is 45.1 Å². The van der Waals surface area contributed by atoms with Crippen LogP contribution >= 0.6 is 0 Å². The lowest BCUT2D eigenvalue weighted by atomic mass is 9.86. The second kappa shape index (κ2) is 9.60. The SMILES string of the molecule is CCN1C(=O)N(c2ccc(F)c(NC(=O)N[C@H]3CCCC[C@@H]3C)c2)Cc2cnc(NC)nc21. The van der Waals surface area contributed by atoms with E-state index in [0.717, 1.165) is 24.8 Å². The highest BCUT2D eigenvalue weighted by Crippen LogP contribution is 2.32. The third kappa shape index (κ3) is 4.69. The molecule has 0 saturated heterocycles. The Morgan fingerprint density at radius 1 is 1.27 bits per heavy atom. The van der Waals surface area contributed by atoms with Gasteiger partial charge in [-0.3, -0.25) is 9.80 Å². The Morgan fingerprint density at radius 3 is 2.79 bits per heavy atom. The van der Waals surface area contributed by atoms with Gasteiger partial charge in [-0.05, 0) is 43.9 Å². The molecule has 4 rings (SSSR count). The van der Waals surface area contributed by atoms with Gasteiger partial charge < -0.3 is 16.0 Å². The van der Waals surface area contributed by atoms with Crippen LogP contribution in [0.3, 0.4) is 0 Å². The lowest BCUT2D eigenvalue weighted by molar-refractivity contribution is 0.232. The van der Waals surface area contributed by atoms with E-state index in [9.17, 15) is 14.0 Å². The maximum Gasteiger partial charge on any atom is 0.330 e. The van der Waals surface area contributed by atoms with Crippen LogP contribution in [0, 0.1) is 11.7 Å². The predicted molar refractivity (Wildman–Crippen MR) is 126 cm³/mol. The maximum absolute atomic E-state index is 14.5. The first kappa shape index (κ1) is 22.8. The van der Waals surface area contributed by atoms with Crippen LogP contribution in [0.2, 0.25) is 0 Å². The van der Waals surface area contributed by atoms with Gasteiger partial charge in [0.25, 0.3) is 0 Å². The molecule has 3 N–H and O–H groups in total. The van der Waals surface area contributed by atoms with Crippen LogP contribution in [0.5, 0.6) is 0 Å². The van der Waals surface area contributed by atoms with Gasteiger partial charge in [-0.1, -0.05) is 19.8 Å². The Labute approximate surface area is 192 Å². The summed E-state index contributed by atoms with van der Waals surface area (Å²) < 4.78 is 14.5. The van der Waals surface area contributed by atoms with E-state index >= 15 is 0 Å². The minimum Gasteiger partial charge on any atom is -0.357 e. The third-order valence-electron chi connectivity index (χ3n) is 6.37. The van der Waals surface area contributed by atoms with Gasteiger partial charge in [-0.2, -0.15) is 4.98 Å². The zero-order chi connectivity index (χ0) is 23.5. The summed E-state index contributed by atoms with van der Waals surface area (Å²) in [7, 11) is 1.72. The Bertz CT molecular complexity index is 1050. The number of rotatable bonds is 5. The van der Waals surface area contributed by atoms with Crippen molar-refractivity contribution in [2.24, 2.45) is 5.92 Å². The number of benzene rings is 1. The lowest BCUT2D eigenvalue weighted by Gasteiger charge is -2.35. The lowest BCUT2D eigenvalue weighted by Crippen LogP contribution is -2.48. The number of hydrogen-bond acceptors (Lipinski definition) is 5. The molecule has 2 aliphatic rings. The number of hydrogen-bond donors (Lipinski definition) is 3. The number of nitrogens with zero attached hydrogens (tertiary/aromatic N) is 4. The predicted octanol–water partition coefficient (Wildman–Crippen LogP) is 4.32. The van der Waals surface area contributed by atoms with Crippen LogP contribution in [0.25, 0.3) is 0 Å². The van der Waals surface area contributed by atoms with Gasteiger partial charge in [0.15, 0.2) is 0 Å². The molecule has 0 unspecified atom stereocenters. The molecule has 0 spiro atoms. The van der Waals surface area contributed by atoms with Gasteiger partial charge in [0.05, 0.1) is 12.2 Å². The molecule has 2 heterocycles. The first-order chi connectivity index (χ1) is 15.9. The highest BCUT2D eigenvalue weighted by molar-refractivity contribution is 6.05. The first-order valence-electron chi connectivity index (χ1n) is 11.4. The molecule has 176 valence electrons. The molecule has 1 saturated carbocycles. The fourth-order valence-corrected chi connectivity index (χ4v) is 4.46. The second-order valence-electron chi connectivity index (χ2n) is 8.54. The van der Waals surface area contributed by atoms with Gasteiger partial charge in [0.2, 0.25) is 5.95 Å². The number of halogens is 1. The van der Waals surface area contributed by atoms with E-state index in [1.54, 1.807) is 18.1 Å². The molecule has 10 heteroatoms. The number of amides is 4. The summed E-state index contributed by atoms with van der Waals surface area (Å²) in [5, 5.41) is 8.47. The van der Waals surface area contributed by atoms with Crippen molar-refractivity contribution in [1.29, 1.82) is 0 Å². The van der Waals surface area contributed by atoms with Crippen molar-refractivity contribution >= 4 is 35.2 Å². The standard InChI is InChI=1S/C23H30FN7O2/c1-4-30-20-15(12-26-21(25-3)29-20)13-31(23(30)33)16-9-10-17(24)19(11-16)28-22(32)27-18-8-6-5-7-14(18)2/h9-12,14,18H,4-8,13H2,1-3H3,(H,25,26,29)(H2,27,28,32)/t14-,18-/m0/s1. The van der Waals surface area contributed by atoms with E-state index in [1.165, 1.54) is 29.5 Å². The highest BCUT2D eigenvalue weighted by Gasteiger charge is 2.32. The molecule has 4 amide bonds. The van der Waals surface area contributed by atoms with Crippen molar-refractivity contribution in [1.82, 2.24) is 15.3 Å². The Kier molecular flexibility index (Phi) is 6.62. The fourth-order valence-electron chi connectivity index (χ4n) is 4.46. The Balaban J connectivity index is 1.55. The fraction of sp³-hybridized carbons (Fsp3) is 0.478. The number of anilines is 4. The molecule has 1 aromatic heterocycles. The average molecular weight is 456 g/mol. The van der Waals surface area contributed by atoms with E-state index in [2.05, 4.69) is 32.8 Å². The van der Waals surface area contributed by atoms with Crippen molar-refractivity contribution in [3.05, 3.63) is 35.8 Å². The zero-order valence-electron chi connectivity index (χ0n) is 19.2. The van der Waals surface area contributed by atoms with E-state index in [-0.39, 0.29) is 24.3 Å². The number of carbonyl (C=O) groups is 2. The topological polar surface area (TPSA) is 102 Å². The molecule has 1 aromatic carbocycles. The summed E-state index contributed by atoms with van der Waals surface area (Å²) >= 11 is 0. The van der Waals surface area contributed by atoms with E-state index in [4.69, 9.17) is 0 Å². The molecule has 0 radical (unpaired) electrons. The molecule has 2 aromatic rings. The quantitative estimate of drug-likeness (QED) is 0.623. The highest BCUT2D eigenvalue weighted by atomic mass is 19.1. The largest absolute Gasteiger partial charge is 0.357 e. The number of urea groups is 2. The third-order valence-corrected chi connectivity index (χ3v) is 6.37. The van der Waals surface area contributed by atoms with E-state index in [1.807, 2.05) is 6.92 Å². The average Bonchev–Trinajstić information content (AvgIpc) is 2.81. The van der Waals surface area contributed by atoms with Gasteiger partial charge in [-0.15, -0.1) is 0 Å². The van der Waals surface area contributed by atoms with E-state index < -0.39 is 11.8 Å². The summed E-state index contributed by atoms with van der Waals surface area (Å²) in [6, 6.07) is 3.63. The number of carbonyl (C=O) groups excluding carboxylic acids is 2. The minimum absolute atomic E-state index is 0.0249. The molecule has 33 heavy (non-hydrogen) atoms. The summed E-state index contributed by atoms with van der Waals surface area (Å²) in [5.74, 6) is 0.807. The smallest absolute Gasteiger partial charge is 0.330 e. The van der Waals surface area contributed by atoms with Crippen LogP contribution in [-0.4, -0.2) is 41.7 Å². The monoisotopic (exact) mass is 455 g/mol. The van der Waals surface area contributed by atoms with Gasteiger partial charge >= 0.3 is 12.1 Å². The van der Waals surface area contributed by atoms with Gasteiger partial charge in [0.1, 0.15) is 11.6 Å². The molecule has 1 aliphatic carbocycles. The summed E-state index contributed by atoms with van der Waals surface area (Å²) in [4.78, 5) is 37.5. The number of aromatic nitrogens is 2. The minimum atomic E-state index is -0.565. The van der Waals surface area contributed by atoms with Crippen molar-refractivity contribution < 1.29 is 14.0 Å². The Morgan fingerprint density at radius 2 is 2.06 bits per heavy atom. The van der Waals surface area contributed by atoms with Crippen molar-refractivity contribution in [3.8, 4) is 0 Å². The molecular weight excluding hydrogens is 425 g/mol. The van der Waals surface area contributed by atoms with Crippen LogP contribution in [-0.2, 0) is 6.54 Å². The van der Waals surface area contributed by atoms with Crippen molar-refractivity contribution in [3.63, 3.8) is 0 Å². The number of nitrogens with one attached hydrogen (secondary N) is 3. The molecule has 1 aliphatic heterocycles. The summed E-state index contributed by atoms with van der Waals surface area (Å²) in [6.45, 7) is 4.64. The Hall–Kier alpha value is -3.43. The second-order valence-corrected chi connectivity index (χ2v) is 8.54. The van der Waals surface area contributed by atoms with Crippen molar-refractivity contribution in [2.45, 2.75) is 52.1 Å². The van der Waals surface area contributed by atoms with Crippen LogP contribution < -0.4 is 25.8 Å². The molecule has 9 nitrogen and oxygen atoms in total. The molecule has 1 fully saturated rings. The van der Waals surface area contributed by atoms with E-state index in [0.29, 0.717) is 29.9 Å². The van der Waals surface area contributed by atoms with Crippen LogP contribution in [0.15, 0.2) is 24.4 Å². The normalized spacial score (nSPS) is 20.3. The van der Waals surface area contributed by atoms with Gasteiger partial charge in [0, 0.05) is 37.1 Å². The summed E-state index contributed by atoms with van der Waals surface area (Å²) in [5.41, 5.74) is 1.28. The molecule has 0 bridgehead atoms. The molecular formula is C23H30FN7O2. The maximum atomic E-state index is 14.5. The zero-order valence-corrected chi connectivity index (χ0v) is 19.2. The molecule has 2 atom stereocenters.